The Morgan fingerprint density at radius 2 is 1.91 bits per heavy atom. The Labute approximate surface area is 130 Å². The molecule has 1 aliphatic heterocycles. The molecule has 0 spiro atoms. The summed E-state index contributed by atoms with van der Waals surface area (Å²) >= 11 is 0. The Morgan fingerprint density at radius 1 is 1.14 bits per heavy atom. The van der Waals surface area contributed by atoms with Gasteiger partial charge in [-0.15, -0.1) is 0 Å². The maximum Gasteiger partial charge on any atom is 0.274 e. The first-order chi connectivity index (χ1) is 10.6. The van der Waals surface area contributed by atoms with Crippen LogP contribution in [0.4, 0.5) is 11.5 Å². The molecule has 22 heavy (non-hydrogen) atoms. The van der Waals surface area contributed by atoms with Gasteiger partial charge in [0.2, 0.25) is 0 Å². The molecule has 1 fully saturated rings. The number of amides is 1. The van der Waals surface area contributed by atoms with Gasteiger partial charge in [0.15, 0.2) is 0 Å². The number of hydrogen-bond acceptors (Lipinski definition) is 4. The molecule has 1 aromatic heterocycles. The van der Waals surface area contributed by atoms with Crippen molar-refractivity contribution in [3.63, 3.8) is 0 Å². The summed E-state index contributed by atoms with van der Waals surface area (Å²) in [5.41, 5.74) is 3.44. The second kappa shape index (κ2) is 6.13. The highest BCUT2D eigenvalue weighted by molar-refractivity contribution is 6.03. The van der Waals surface area contributed by atoms with Crippen molar-refractivity contribution in [2.75, 3.05) is 23.3 Å². The van der Waals surface area contributed by atoms with Gasteiger partial charge in [0.1, 0.15) is 17.8 Å². The van der Waals surface area contributed by atoms with Gasteiger partial charge in [-0.05, 0) is 38.3 Å². The van der Waals surface area contributed by atoms with Gasteiger partial charge in [0, 0.05) is 24.8 Å². The smallest absolute Gasteiger partial charge is 0.274 e. The molecule has 0 unspecified atom stereocenters. The van der Waals surface area contributed by atoms with E-state index >= 15 is 0 Å². The molecule has 1 saturated heterocycles. The highest BCUT2D eigenvalue weighted by Crippen LogP contribution is 2.19. The van der Waals surface area contributed by atoms with Crippen LogP contribution in [-0.4, -0.2) is 29.0 Å². The van der Waals surface area contributed by atoms with E-state index in [-0.39, 0.29) is 5.91 Å². The molecule has 0 saturated carbocycles. The summed E-state index contributed by atoms with van der Waals surface area (Å²) in [6, 6.07) is 7.72. The van der Waals surface area contributed by atoms with E-state index in [1.807, 2.05) is 32.0 Å². The SMILES string of the molecule is Cc1ccc(NC(=O)c2cc(N3CCCC3)ncn2)c(C)c1. The van der Waals surface area contributed by atoms with Crippen LogP contribution in [0.1, 0.15) is 34.5 Å². The largest absolute Gasteiger partial charge is 0.357 e. The molecule has 0 atom stereocenters. The van der Waals surface area contributed by atoms with E-state index in [1.54, 1.807) is 6.07 Å². The molecule has 5 heteroatoms. The van der Waals surface area contributed by atoms with Crippen LogP contribution < -0.4 is 10.2 Å². The lowest BCUT2D eigenvalue weighted by Gasteiger charge is -2.16. The Morgan fingerprint density at radius 3 is 2.64 bits per heavy atom. The predicted molar refractivity (Wildman–Crippen MR) is 87.3 cm³/mol. The fourth-order valence-electron chi connectivity index (χ4n) is 2.73. The second-order valence-electron chi connectivity index (χ2n) is 5.73. The minimum absolute atomic E-state index is 0.199. The molecule has 5 nitrogen and oxygen atoms in total. The zero-order valence-corrected chi connectivity index (χ0v) is 13.0. The van der Waals surface area contributed by atoms with E-state index in [9.17, 15) is 4.79 Å². The van der Waals surface area contributed by atoms with Gasteiger partial charge >= 0.3 is 0 Å². The first-order valence-corrected chi connectivity index (χ1v) is 7.59. The van der Waals surface area contributed by atoms with Crippen LogP contribution in [0, 0.1) is 13.8 Å². The standard InChI is InChI=1S/C17H20N4O/c1-12-5-6-14(13(2)9-12)20-17(22)15-10-16(19-11-18-15)21-7-3-4-8-21/h5-6,9-11H,3-4,7-8H2,1-2H3,(H,20,22). The quantitative estimate of drug-likeness (QED) is 0.946. The Balaban J connectivity index is 1.78. The molecule has 0 radical (unpaired) electrons. The van der Waals surface area contributed by atoms with E-state index in [0.29, 0.717) is 5.69 Å². The van der Waals surface area contributed by atoms with E-state index in [2.05, 4.69) is 20.2 Å². The van der Waals surface area contributed by atoms with Crippen molar-refractivity contribution in [3.05, 3.63) is 47.4 Å². The van der Waals surface area contributed by atoms with Crippen molar-refractivity contribution in [3.8, 4) is 0 Å². The van der Waals surface area contributed by atoms with Gasteiger partial charge in [0.05, 0.1) is 0 Å². The molecule has 0 bridgehead atoms. The summed E-state index contributed by atoms with van der Waals surface area (Å²) in [6.07, 6.45) is 3.81. The predicted octanol–water partition coefficient (Wildman–Crippen LogP) is 2.95. The number of aromatic nitrogens is 2. The zero-order chi connectivity index (χ0) is 15.5. The van der Waals surface area contributed by atoms with Crippen LogP contribution in [0.25, 0.3) is 0 Å². The fraction of sp³-hybridized carbons (Fsp3) is 0.353. The average molecular weight is 296 g/mol. The minimum Gasteiger partial charge on any atom is -0.357 e. The molecule has 0 aliphatic carbocycles. The van der Waals surface area contributed by atoms with Crippen molar-refractivity contribution < 1.29 is 4.79 Å². The van der Waals surface area contributed by atoms with Crippen LogP contribution in [-0.2, 0) is 0 Å². The lowest BCUT2D eigenvalue weighted by molar-refractivity contribution is 0.102. The van der Waals surface area contributed by atoms with Gasteiger partial charge in [0.25, 0.3) is 5.91 Å². The average Bonchev–Trinajstić information content (AvgIpc) is 3.04. The third kappa shape index (κ3) is 3.08. The van der Waals surface area contributed by atoms with Crippen molar-refractivity contribution in [2.45, 2.75) is 26.7 Å². The molecule has 3 rings (SSSR count). The van der Waals surface area contributed by atoms with Gasteiger partial charge < -0.3 is 10.2 Å². The van der Waals surface area contributed by atoms with E-state index in [4.69, 9.17) is 0 Å². The number of rotatable bonds is 3. The van der Waals surface area contributed by atoms with E-state index in [1.165, 1.54) is 24.7 Å². The lowest BCUT2D eigenvalue weighted by atomic mass is 10.1. The lowest BCUT2D eigenvalue weighted by Crippen LogP contribution is -2.21. The molecular weight excluding hydrogens is 276 g/mol. The summed E-state index contributed by atoms with van der Waals surface area (Å²) in [7, 11) is 0. The summed E-state index contributed by atoms with van der Waals surface area (Å²) in [6.45, 7) is 6.01. The zero-order valence-electron chi connectivity index (χ0n) is 13.0. The van der Waals surface area contributed by atoms with Crippen molar-refractivity contribution in [2.24, 2.45) is 0 Å². The minimum atomic E-state index is -0.199. The topological polar surface area (TPSA) is 58.1 Å². The number of anilines is 2. The third-order valence-corrected chi connectivity index (χ3v) is 3.95. The molecule has 2 heterocycles. The van der Waals surface area contributed by atoms with Crippen LogP contribution in [0.5, 0.6) is 0 Å². The summed E-state index contributed by atoms with van der Waals surface area (Å²) in [4.78, 5) is 23.0. The summed E-state index contributed by atoms with van der Waals surface area (Å²) < 4.78 is 0. The van der Waals surface area contributed by atoms with Crippen LogP contribution in [0.15, 0.2) is 30.6 Å². The monoisotopic (exact) mass is 296 g/mol. The Kier molecular flexibility index (Phi) is 4.04. The molecule has 1 aromatic carbocycles. The van der Waals surface area contributed by atoms with Crippen molar-refractivity contribution in [1.29, 1.82) is 0 Å². The summed E-state index contributed by atoms with van der Waals surface area (Å²) in [5.74, 6) is 0.632. The van der Waals surface area contributed by atoms with Gasteiger partial charge in [-0.25, -0.2) is 9.97 Å². The molecule has 1 aliphatic rings. The molecular formula is C17H20N4O. The number of carbonyl (C=O) groups excluding carboxylic acids is 1. The normalized spacial score (nSPS) is 14.2. The van der Waals surface area contributed by atoms with Gasteiger partial charge in [-0.1, -0.05) is 17.7 Å². The maximum atomic E-state index is 12.4. The Bertz CT molecular complexity index is 693. The fourth-order valence-corrected chi connectivity index (χ4v) is 2.73. The molecule has 114 valence electrons. The van der Waals surface area contributed by atoms with Crippen molar-refractivity contribution >= 4 is 17.4 Å². The van der Waals surface area contributed by atoms with Crippen LogP contribution in [0.3, 0.4) is 0 Å². The number of nitrogens with one attached hydrogen (secondary N) is 1. The number of benzene rings is 1. The van der Waals surface area contributed by atoms with Crippen LogP contribution in [0.2, 0.25) is 0 Å². The molecule has 2 aromatic rings. The number of hydrogen-bond donors (Lipinski definition) is 1. The second-order valence-corrected chi connectivity index (χ2v) is 5.73. The van der Waals surface area contributed by atoms with Crippen LogP contribution >= 0.6 is 0 Å². The highest BCUT2D eigenvalue weighted by Gasteiger charge is 2.16. The molecule has 1 N–H and O–H groups in total. The van der Waals surface area contributed by atoms with E-state index < -0.39 is 0 Å². The first-order valence-electron chi connectivity index (χ1n) is 7.59. The van der Waals surface area contributed by atoms with Gasteiger partial charge in [-0.3, -0.25) is 4.79 Å². The molecule has 1 amide bonds. The Hall–Kier alpha value is -2.43. The maximum absolute atomic E-state index is 12.4. The highest BCUT2D eigenvalue weighted by atomic mass is 16.1. The van der Waals surface area contributed by atoms with E-state index in [0.717, 1.165) is 30.2 Å². The third-order valence-electron chi connectivity index (χ3n) is 3.95. The summed E-state index contributed by atoms with van der Waals surface area (Å²) in [5, 5.41) is 2.92. The first kappa shape index (κ1) is 14.5. The number of nitrogens with zero attached hydrogens (tertiary/aromatic N) is 3. The van der Waals surface area contributed by atoms with Crippen molar-refractivity contribution in [1.82, 2.24) is 9.97 Å². The number of aryl methyl sites for hydroxylation is 2. The van der Waals surface area contributed by atoms with Gasteiger partial charge in [-0.2, -0.15) is 0 Å². The number of carbonyl (C=O) groups is 1.